The highest BCUT2D eigenvalue weighted by Crippen LogP contribution is 2.20. The fourth-order valence-electron chi connectivity index (χ4n) is 3.16. The Bertz CT molecular complexity index is 1060. The second-order valence-corrected chi connectivity index (χ2v) is 6.64. The minimum Gasteiger partial charge on any atom is -0.441 e. The third-order valence-electron chi connectivity index (χ3n) is 4.54. The lowest BCUT2D eigenvalue weighted by Gasteiger charge is -2.11. The van der Waals surface area contributed by atoms with Gasteiger partial charge >= 0.3 is 0 Å². The number of hydrogen-bond donors (Lipinski definition) is 1. The summed E-state index contributed by atoms with van der Waals surface area (Å²) < 4.78 is 5.46. The van der Waals surface area contributed by atoms with Crippen LogP contribution in [0.25, 0.3) is 11.1 Å². The van der Waals surface area contributed by atoms with E-state index in [1.165, 1.54) is 5.01 Å². The van der Waals surface area contributed by atoms with E-state index in [1.54, 1.807) is 25.1 Å². The number of aryl methyl sites for hydroxylation is 1. The summed E-state index contributed by atoms with van der Waals surface area (Å²) in [5.74, 6) is 0.197. The molecule has 0 aliphatic carbocycles. The van der Waals surface area contributed by atoms with E-state index >= 15 is 0 Å². The number of anilines is 1. The highest BCUT2D eigenvalue weighted by molar-refractivity contribution is 6.03. The first kappa shape index (κ1) is 17.9. The maximum absolute atomic E-state index is 12.4. The molecule has 3 aromatic rings. The SMILES string of the molecule is Cc1nc2ccc(NC(=O)CCC(=O)N3CCC(c4ccccc4)=N3)cc2o1. The Morgan fingerprint density at radius 1 is 1.14 bits per heavy atom. The van der Waals surface area contributed by atoms with E-state index in [0.717, 1.165) is 23.2 Å². The number of hydrogen-bond acceptors (Lipinski definition) is 5. The summed E-state index contributed by atoms with van der Waals surface area (Å²) in [6.07, 6.45) is 0.929. The van der Waals surface area contributed by atoms with Gasteiger partial charge in [0.25, 0.3) is 0 Å². The van der Waals surface area contributed by atoms with Crippen molar-refractivity contribution in [3.63, 3.8) is 0 Å². The number of rotatable bonds is 5. The quantitative estimate of drug-likeness (QED) is 0.738. The number of amides is 2. The normalized spacial score (nSPS) is 13.6. The molecule has 2 aromatic carbocycles. The van der Waals surface area contributed by atoms with Gasteiger partial charge in [-0.3, -0.25) is 9.59 Å². The Morgan fingerprint density at radius 2 is 1.96 bits per heavy atom. The highest BCUT2D eigenvalue weighted by Gasteiger charge is 2.22. The number of oxazole rings is 1. The molecule has 2 heterocycles. The van der Waals surface area contributed by atoms with Crippen LogP contribution >= 0.6 is 0 Å². The molecule has 1 aliphatic heterocycles. The molecule has 0 radical (unpaired) electrons. The van der Waals surface area contributed by atoms with Gasteiger partial charge in [0.05, 0.1) is 12.3 Å². The molecular formula is C21H20N4O3. The van der Waals surface area contributed by atoms with Crippen molar-refractivity contribution >= 4 is 34.3 Å². The molecule has 0 bridgehead atoms. The van der Waals surface area contributed by atoms with Crippen LogP contribution in [0, 0.1) is 6.92 Å². The van der Waals surface area contributed by atoms with Gasteiger partial charge in [0.1, 0.15) is 5.52 Å². The van der Waals surface area contributed by atoms with E-state index < -0.39 is 0 Å². The molecule has 28 heavy (non-hydrogen) atoms. The minimum absolute atomic E-state index is 0.0962. The van der Waals surface area contributed by atoms with Gasteiger partial charge in [0.15, 0.2) is 11.5 Å². The predicted octanol–water partition coefficient (Wildman–Crippen LogP) is 3.49. The zero-order chi connectivity index (χ0) is 19.5. The monoisotopic (exact) mass is 376 g/mol. The van der Waals surface area contributed by atoms with E-state index in [1.807, 2.05) is 30.3 Å². The topological polar surface area (TPSA) is 87.8 Å². The van der Waals surface area contributed by atoms with Crippen LogP contribution in [0.4, 0.5) is 5.69 Å². The largest absolute Gasteiger partial charge is 0.441 e. The smallest absolute Gasteiger partial charge is 0.243 e. The zero-order valence-corrected chi connectivity index (χ0v) is 15.5. The fraction of sp³-hybridized carbons (Fsp3) is 0.238. The summed E-state index contributed by atoms with van der Waals surface area (Å²) >= 11 is 0. The van der Waals surface area contributed by atoms with Crippen molar-refractivity contribution in [2.45, 2.75) is 26.2 Å². The second kappa shape index (κ2) is 7.64. The fourth-order valence-corrected chi connectivity index (χ4v) is 3.16. The van der Waals surface area contributed by atoms with Crippen LogP contribution in [0.1, 0.15) is 30.7 Å². The maximum Gasteiger partial charge on any atom is 0.243 e. The molecule has 1 N–H and O–H groups in total. The van der Waals surface area contributed by atoms with Crippen LogP contribution in [-0.4, -0.2) is 34.1 Å². The summed E-state index contributed by atoms with van der Waals surface area (Å²) in [4.78, 5) is 28.8. The standard InChI is InChI=1S/C21H20N4O3/c1-14-22-18-8-7-16(13-19(18)28-14)23-20(26)9-10-21(27)25-12-11-17(24-25)15-5-3-2-4-6-15/h2-8,13H,9-12H2,1H3,(H,23,26). The molecular weight excluding hydrogens is 356 g/mol. The summed E-state index contributed by atoms with van der Waals surface area (Å²) in [6, 6.07) is 15.1. The van der Waals surface area contributed by atoms with Crippen LogP contribution in [0.15, 0.2) is 58.0 Å². The lowest BCUT2D eigenvalue weighted by Crippen LogP contribution is -2.24. The molecule has 0 fully saturated rings. The van der Waals surface area contributed by atoms with Crippen molar-refractivity contribution in [3.8, 4) is 0 Å². The van der Waals surface area contributed by atoms with Crippen molar-refractivity contribution in [3.05, 3.63) is 60.0 Å². The van der Waals surface area contributed by atoms with Crippen molar-refractivity contribution in [2.24, 2.45) is 5.10 Å². The molecule has 142 valence electrons. The molecule has 7 heteroatoms. The van der Waals surface area contributed by atoms with Crippen molar-refractivity contribution < 1.29 is 14.0 Å². The van der Waals surface area contributed by atoms with Gasteiger partial charge in [-0.15, -0.1) is 0 Å². The molecule has 1 aliphatic rings. The van der Waals surface area contributed by atoms with Gasteiger partial charge in [0.2, 0.25) is 11.8 Å². The second-order valence-electron chi connectivity index (χ2n) is 6.64. The van der Waals surface area contributed by atoms with Gasteiger partial charge < -0.3 is 9.73 Å². The summed E-state index contributed by atoms with van der Waals surface area (Å²) in [5, 5.41) is 8.65. The van der Waals surface area contributed by atoms with Gasteiger partial charge in [-0.25, -0.2) is 9.99 Å². The molecule has 0 saturated carbocycles. The molecule has 0 atom stereocenters. The van der Waals surface area contributed by atoms with E-state index in [0.29, 0.717) is 23.7 Å². The van der Waals surface area contributed by atoms with Crippen LogP contribution in [0.2, 0.25) is 0 Å². The maximum atomic E-state index is 12.4. The Morgan fingerprint density at radius 3 is 2.79 bits per heavy atom. The van der Waals surface area contributed by atoms with Gasteiger partial charge in [-0.1, -0.05) is 30.3 Å². The van der Waals surface area contributed by atoms with E-state index in [9.17, 15) is 9.59 Å². The summed E-state index contributed by atoms with van der Waals surface area (Å²) in [6.45, 7) is 2.32. The van der Waals surface area contributed by atoms with Gasteiger partial charge in [-0.05, 0) is 17.7 Å². The third kappa shape index (κ3) is 3.93. The first-order chi connectivity index (χ1) is 13.6. The third-order valence-corrected chi connectivity index (χ3v) is 4.54. The zero-order valence-electron chi connectivity index (χ0n) is 15.5. The van der Waals surface area contributed by atoms with Crippen molar-refractivity contribution in [1.29, 1.82) is 0 Å². The number of nitrogens with zero attached hydrogens (tertiary/aromatic N) is 3. The Labute approximate surface area is 162 Å². The lowest BCUT2D eigenvalue weighted by molar-refractivity contribution is -0.132. The van der Waals surface area contributed by atoms with Crippen LogP contribution in [0.3, 0.4) is 0 Å². The van der Waals surface area contributed by atoms with Crippen LogP contribution in [0.5, 0.6) is 0 Å². The molecule has 0 unspecified atom stereocenters. The van der Waals surface area contributed by atoms with E-state index in [4.69, 9.17) is 4.42 Å². The Kier molecular flexibility index (Phi) is 4.89. The summed E-state index contributed by atoms with van der Waals surface area (Å²) in [7, 11) is 0. The number of fused-ring (bicyclic) bond motifs is 1. The van der Waals surface area contributed by atoms with Crippen LogP contribution < -0.4 is 5.32 Å². The van der Waals surface area contributed by atoms with E-state index in [-0.39, 0.29) is 24.7 Å². The molecule has 7 nitrogen and oxygen atoms in total. The molecule has 0 spiro atoms. The molecule has 2 amide bonds. The first-order valence-electron chi connectivity index (χ1n) is 9.19. The Hall–Kier alpha value is -3.48. The summed E-state index contributed by atoms with van der Waals surface area (Å²) in [5.41, 5.74) is 3.90. The molecule has 1 aromatic heterocycles. The first-order valence-corrected chi connectivity index (χ1v) is 9.19. The number of nitrogens with one attached hydrogen (secondary N) is 1. The predicted molar refractivity (Wildman–Crippen MR) is 106 cm³/mol. The number of benzene rings is 2. The average molecular weight is 376 g/mol. The lowest BCUT2D eigenvalue weighted by atomic mass is 10.1. The van der Waals surface area contributed by atoms with Crippen molar-refractivity contribution in [2.75, 3.05) is 11.9 Å². The Balaban J connectivity index is 1.31. The van der Waals surface area contributed by atoms with Crippen LogP contribution in [-0.2, 0) is 9.59 Å². The van der Waals surface area contributed by atoms with Gasteiger partial charge in [0, 0.05) is 37.9 Å². The van der Waals surface area contributed by atoms with Crippen molar-refractivity contribution in [1.82, 2.24) is 9.99 Å². The number of hydrazone groups is 1. The number of aromatic nitrogens is 1. The van der Waals surface area contributed by atoms with E-state index in [2.05, 4.69) is 15.4 Å². The minimum atomic E-state index is -0.226. The molecule has 0 saturated heterocycles. The molecule has 4 rings (SSSR count). The number of carbonyl (C=O) groups is 2. The van der Waals surface area contributed by atoms with Gasteiger partial charge in [-0.2, -0.15) is 5.10 Å². The average Bonchev–Trinajstić information content (AvgIpc) is 3.32. The number of carbonyl (C=O) groups excluding carboxylic acids is 2. The highest BCUT2D eigenvalue weighted by atomic mass is 16.3.